The first-order valence-electron chi connectivity index (χ1n) is 7.36. The van der Waals surface area contributed by atoms with Crippen LogP contribution in [-0.4, -0.2) is 10.9 Å². The van der Waals surface area contributed by atoms with Crippen molar-refractivity contribution in [2.45, 2.75) is 6.92 Å². The van der Waals surface area contributed by atoms with E-state index in [0.29, 0.717) is 5.56 Å². The second kappa shape index (κ2) is 6.75. The van der Waals surface area contributed by atoms with Gasteiger partial charge < -0.3 is 10.6 Å². The minimum Gasteiger partial charge on any atom is -0.354 e. The molecule has 0 spiro atoms. The van der Waals surface area contributed by atoms with Gasteiger partial charge in [0.25, 0.3) is 5.91 Å². The number of nitrogens with zero attached hydrogens (tertiary/aromatic N) is 1. The number of rotatable bonds is 4. The lowest BCUT2D eigenvalue weighted by Gasteiger charge is -2.10. The van der Waals surface area contributed by atoms with Crippen molar-refractivity contribution in [1.82, 2.24) is 4.98 Å². The van der Waals surface area contributed by atoms with E-state index in [1.165, 1.54) is 0 Å². The normalized spacial score (nSPS) is 10.1. The minimum atomic E-state index is -0.183. The summed E-state index contributed by atoms with van der Waals surface area (Å²) >= 11 is 0. The SMILES string of the molecule is Cc1ccccc1Nc1cncc(C(=O)Nc2ccccc2)c1. The minimum absolute atomic E-state index is 0.183. The molecule has 114 valence electrons. The third-order valence-corrected chi connectivity index (χ3v) is 3.46. The molecule has 0 atom stereocenters. The lowest BCUT2D eigenvalue weighted by molar-refractivity contribution is 0.102. The van der Waals surface area contributed by atoms with Crippen molar-refractivity contribution in [3.8, 4) is 0 Å². The highest BCUT2D eigenvalue weighted by Crippen LogP contribution is 2.20. The van der Waals surface area contributed by atoms with Gasteiger partial charge in [-0.3, -0.25) is 9.78 Å². The molecule has 0 aliphatic carbocycles. The maximum absolute atomic E-state index is 12.3. The predicted octanol–water partition coefficient (Wildman–Crippen LogP) is 4.39. The van der Waals surface area contributed by atoms with Crippen LogP contribution in [0, 0.1) is 6.92 Å². The molecule has 3 rings (SSSR count). The zero-order chi connectivity index (χ0) is 16.1. The third kappa shape index (κ3) is 3.74. The van der Waals surface area contributed by atoms with E-state index in [0.717, 1.165) is 22.6 Å². The van der Waals surface area contributed by atoms with E-state index in [2.05, 4.69) is 15.6 Å². The van der Waals surface area contributed by atoms with Crippen molar-refractivity contribution >= 4 is 23.0 Å². The summed E-state index contributed by atoms with van der Waals surface area (Å²) in [5.74, 6) is -0.183. The zero-order valence-electron chi connectivity index (χ0n) is 12.8. The number of anilines is 3. The molecule has 1 heterocycles. The maximum atomic E-state index is 12.3. The quantitative estimate of drug-likeness (QED) is 0.751. The molecule has 23 heavy (non-hydrogen) atoms. The Balaban J connectivity index is 1.77. The highest BCUT2D eigenvalue weighted by atomic mass is 16.1. The van der Waals surface area contributed by atoms with Crippen molar-refractivity contribution in [1.29, 1.82) is 0 Å². The average Bonchev–Trinajstić information content (AvgIpc) is 2.58. The number of amides is 1. The molecule has 0 fully saturated rings. The van der Waals surface area contributed by atoms with E-state index in [-0.39, 0.29) is 5.91 Å². The van der Waals surface area contributed by atoms with Crippen LogP contribution in [0.15, 0.2) is 73.1 Å². The molecule has 0 unspecified atom stereocenters. The van der Waals surface area contributed by atoms with Crippen molar-refractivity contribution in [2.24, 2.45) is 0 Å². The Hall–Kier alpha value is -3.14. The van der Waals surface area contributed by atoms with Crippen LogP contribution in [0.2, 0.25) is 0 Å². The number of hydrogen-bond donors (Lipinski definition) is 2. The smallest absolute Gasteiger partial charge is 0.257 e. The number of para-hydroxylation sites is 2. The predicted molar refractivity (Wildman–Crippen MR) is 93.1 cm³/mol. The topological polar surface area (TPSA) is 54.0 Å². The largest absolute Gasteiger partial charge is 0.354 e. The van der Waals surface area contributed by atoms with Gasteiger partial charge in [0.05, 0.1) is 17.4 Å². The molecule has 1 aromatic heterocycles. The fourth-order valence-electron chi connectivity index (χ4n) is 2.23. The van der Waals surface area contributed by atoms with E-state index < -0.39 is 0 Å². The van der Waals surface area contributed by atoms with Gasteiger partial charge in [-0.1, -0.05) is 36.4 Å². The summed E-state index contributed by atoms with van der Waals surface area (Å²) in [7, 11) is 0. The number of benzene rings is 2. The molecule has 1 amide bonds. The average molecular weight is 303 g/mol. The molecule has 0 aliphatic rings. The second-order valence-electron chi connectivity index (χ2n) is 5.22. The van der Waals surface area contributed by atoms with E-state index >= 15 is 0 Å². The highest BCUT2D eigenvalue weighted by molar-refractivity contribution is 6.04. The summed E-state index contributed by atoms with van der Waals surface area (Å²) in [4.78, 5) is 16.5. The van der Waals surface area contributed by atoms with E-state index in [1.807, 2.05) is 61.5 Å². The molecule has 0 radical (unpaired) electrons. The van der Waals surface area contributed by atoms with E-state index in [9.17, 15) is 4.79 Å². The molecule has 2 N–H and O–H groups in total. The van der Waals surface area contributed by atoms with Crippen LogP contribution >= 0.6 is 0 Å². The molecular formula is C19H17N3O. The number of carbonyl (C=O) groups excluding carboxylic acids is 1. The van der Waals surface area contributed by atoms with Crippen molar-refractivity contribution in [2.75, 3.05) is 10.6 Å². The maximum Gasteiger partial charge on any atom is 0.257 e. The lowest BCUT2D eigenvalue weighted by Crippen LogP contribution is -2.12. The number of aryl methyl sites for hydroxylation is 1. The molecule has 0 saturated carbocycles. The van der Waals surface area contributed by atoms with Gasteiger partial charge in [-0.2, -0.15) is 0 Å². The Morgan fingerprint density at radius 3 is 2.43 bits per heavy atom. The molecule has 3 aromatic rings. The summed E-state index contributed by atoms with van der Waals surface area (Å²) in [5.41, 5.74) is 4.17. The van der Waals surface area contributed by atoms with Gasteiger partial charge >= 0.3 is 0 Å². The summed E-state index contributed by atoms with van der Waals surface area (Å²) in [5, 5.41) is 6.14. The Kier molecular flexibility index (Phi) is 4.34. The molecule has 2 aromatic carbocycles. The van der Waals surface area contributed by atoms with Crippen molar-refractivity contribution < 1.29 is 4.79 Å². The number of pyridine rings is 1. The summed E-state index contributed by atoms with van der Waals surface area (Å²) in [6.45, 7) is 2.03. The monoisotopic (exact) mass is 303 g/mol. The van der Waals surface area contributed by atoms with Crippen LogP contribution < -0.4 is 10.6 Å². The summed E-state index contributed by atoms with van der Waals surface area (Å²) < 4.78 is 0. The van der Waals surface area contributed by atoms with Crippen LogP contribution in [0.5, 0.6) is 0 Å². The van der Waals surface area contributed by atoms with Crippen LogP contribution in [0.25, 0.3) is 0 Å². The first kappa shape index (κ1) is 14.8. The molecule has 4 heteroatoms. The van der Waals surface area contributed by atoms with Crippen molar-refractivity contribution in [3.05, 3.63) is 84.2 Å². The van der Waals surface area contributed by atoms with Crippen LogP contribution in [0.3, 0.4) is 0 Å². The molecule has 4 nitrogen and oxygen atoms in total. The van der Waals surface area contributed by atoms with Gasteiger partial charge in [0, 0.05) is 17.6 Å². The third-order valence-electron chi connectivity index (χ3n) is 3.46. The Morgan fingerprint density at radius 2 is 1.65 bits per heavy atom. The number of aromatic nitrogens is 1. The lowest BCUT2D eigenvalue weighted by atomic mass is 10.2. The summed E-state index contributed by atoms with van der Waals surface area (Å²) in [6, 6.07) is 19.1. The zero-order valence-corrected chi connectivity index (χ0v) is 12.8. The number of nitrogens with one attached hydrogen (secondary N) is 2. The highest BCUT2D eigenvalue weighted by Gasteiger charge is 2.08. The van der Waals surface area contributed by atoms with Crippen LogP contribution in [0.1, 0.15) is 15.9 Å². The fourth-order valence-corrected chi connectivity index (χ4v) is 2.23. The molecule has 0 saturated heterocycles. The molecular weight excluding hydrogens is 286 g/mol. The van der Waals surface area contributed by atoms with Gasteiger partial charge in [0.1, 0.15) is 0 Å². The second-order valence-corrected chi connectivity index (χ2v) is 5.22. The van der Waals surface area contributed by atoms with Crippen LogP contribution in [0.4, 0.5) is 17.1 Å². The Bertz CT molecular complexity index is 816. The van der Waals surface area contributed by atoms with Gasteiger partial charge in [0.15, 0.2) is 0 Å². The Labute approximate surface area is 135 Å². The van der Waals surface area contributed by atoms with Gasteiger partial charge in [-0.05, 0) is 36.8 Å². The van der Waals surface area contributed by atoms with Crippen molar-refractivity contribution in [3.63, 3.8) is 0 Å². The molecule has 0 bridgehead atoms. The standard InChI is InChI=1S/C19H17N3O/c1-14-7-5-6-10-18(14)21-17-11-15(12-20-13-17)19(23)22-16-8-3-2-4-9-16/h2-13,21H,1H3,(H,22,23). The Morgan fingerprint density at radius 1 is 0.913 bits per heavy atom. The van der Waals surface area contributed by atoms with Gasteiger partial charge in [-0.15, -0.1) is 0 Å². The number of carbonyl (C=O) groups is 1. The van der Waals surface area contributed by atoms with E-state index in [1.54, 1.807) is 18.5 Å². The summed E-state index contributed by atoms with van der Waals surface area (Å²) in [6.07, 6.45) is 3.26. The van der Waals surface area contributed by atoms with Gasteiger partial charge in [0.2, 0.25) is 0 Å². The first-order valence-corrected chi connectivity index (χ1v) is 7.36. The molecule has 0 aliphatic heterocycles. The van der Waals surface area contributed by atoms with Gasteiger partial charge in [-0.25, -0.2) is 0 Å². The van der Waals surface area contributed by atoms with E-state index in [4.69, 9.17) is 0 Å². The number of hydrogen-bond acceptors (Lipinski definition) is 3. The van der Waals surface area contributed by atoms with Crippen LogP contribution in [-0.2, 0) is 0 Å². The first-order chi connectivity index (χ1) is 11.2. The fraction of sp³-hybridized carbons (Fsp3) is 0.0526.